The molecule has 0 fully saturated rings. The first-order valence-corrected chi connectivity index (χ1v) is 14.8. The minimum atomic E-state index is -3.94. The molecule has 2 N–H and O–H groups in total. The molecule has 0 aliphatic rings. The molecular weight excluding hydrogens is 545 g/mol. The molecule has 0 atom stereocenters. The van der Waals surface area contributed by atoms with Gasteiger partial charge in [0.1, 0.15) is 5.82 Å². The van der Waals surface area contributed by atoms with Crippen LogP contribution >= 0.6 is 0 Å². The van der Waals surface area contributed by atoms with Crippen molar-refractivity contribution in [3.8, 4) is 0 Å². The van der Waals surface area contributed by atoms with Gasteiger partial charge in [0.15, 0.2) is 0 Å². The van der Waals surface area contributed by atoms with Crippen molar-refractivity contribution in [2.45, 2.75) is 18.4 Å². The van der Waals surface area contributed by atoms with E-state index in [1.165, 1.54) is 72.9 Å². The molecule has 4 rings (SSSR count). The predicted octanol–water partition coefficient (Wildman–Crippen LogP) is 3.94. The third kappa shape index (κ3) is 6.94. The number of anilines is 3. The number of sulfonamides is 2. The van der Waals surface area contributed by atoms with Crippen LogP contribution in [-0.2, 0) is 26.6 Å². The van der Waals surface area contributed by atoms with Gasteiger partial charge in [-0.15, -0.1) is 0 Å². The molecule has 1 amide bonds. The Balaban J connectivity index is 1.45. The van der Waals surface area contributed by atoms with Gasteiger partial charge in [0.2, 0.25) is 16.0 Å². The summed E-state index contributed by atoms with van der Waals surface area (Å²) < 4.78 is 67.5. The minimum Gasteiger partial charge on any atom is -0.322 e. The summed E-state index contributed by atoms with van der Waals surface area (Å²) in [6.07, 6.45) is 2.45. The molecule has 1 heterocycles. The zero-order chi connectivity index (χ0) is 28.2. The van der Waals surface area contributed by atoms with Crippen molar-refractivity contribution in [1.29, 1.82) is 0 Å². The number of nitrogens with one attached hydrogen (secondary N) is 2. The van der Waals surface area contributed by atoms with Gasteiger partial charge in [-0.25, -0.2) is 35.9 Å². The molecule has 0 radical (unpaired) electrons. The van der Waals surface area contributed by atoms with Crippen molar-refractivity contribution >= 4 is 43.3 Å². The van der Waals surface area contributed by atoms with Gasteiger partial charge in [-0.05, 0) is 67.6 Å². The van der Waals surface area contributed by atoms with Crippen LogP contribution in [0.5, 0.6) is 0 Å². The largest absolute Gasteiger partial charge is 0.322 e. The number of halogens is 1. The summed E-state index contributed by atoms with van der Waals surface area (Å²) in [5.74, 6) is -1.08. The van der Waals surface area contributed by atoms with Crippen LogP contribution in [0.3, 0.4) is 0 Å². The fraction of sp³-hybridized carbons (Fsp3) is 0.115. The molecule has 10 nitrogen and oxygen atoms in total. The Labute approximate surface area is 225 Å². The molecule has 0 saturated heterocycles. The number of aromatic nitrogens is 2. The van der Waals surface area contributed by atoms with Crippen LogP contribution in [0.15, 0.2) is 90.0 Å². The maximum atomic E-state index is 14.1. The van der Waals surface area contributed by atoms with Gasteiger partial charge in [0, 0.05) is 28.7 Å². The van der Waals surface area contributed by atoms with E-state index in [9.17, 15) is 26.0 Å². The quantitative estimate of drug-likeness (QED) is 0.311. The predicted molar refractivity (Wildman–Crippen MR) is 146 cm³/mol. The minimum absolute atomic E-state index is 0.0503. The Hall–Kier alpha value is -4.36. The van der Waals surface area contributed by atoms with E-state index in [0.717, 1.165) is 10.6 Å². The second kappa shape index (κ2) is 11.2. The molecule has 39 heavy (non-hydrogen) atoms. The van der Waals surface area contributed by atoms with Crippen molar-refractivity contribution in [2.24, 2.45) is 0 Å². The molecule has 0 aliphatic heterocycles. The van der Waals surface area contributed by atoms with Gasteiger partial charge < -0.3 is 5.32 Å². The van der Waals surface area contributed by atoms with Crippen LogP contribution in [0, 0.1) is 12.7 Å². The zero-order valence-electron chi connectivity index (χ0n) is 20.9. The Morgan fingerprint density at radius 1 is 0.923 bits per heavy atom. The highest BCUT2D eigenvalue weighted by Gasteiger charge is 2.20. The Morgan fingerprint density at radius 2 is 1.59 bits per heavy atom. The van der Waals surface area contributed by atoms with Gasteiger partial charge in [0.05, 0.1) is 23.4 Å². The summed E-state index contributed by atoms with van der Waals surface area (Å²) in [4.78, 5) is 20.6. The van der Waals surface area contributed by atoms with Crippen LogP contribution in [0.1, 0.15) is 21.6 Å². The summed E-state index contributed by atoms with van der Waals surface area (Å²) in [6, 6.07) is 18.8. The lowest BCUT2D eigenvalue weighted by atomic mass is 10.1. The number of aryl methyl sites for hydroxylation is 1. The van der Waals surface area contributed by atoms with Crippen molar-refractivity contribution in [1.82, 2.24) is 9.97 Å². The number of nitrogens with zero attached hydrogens (tertiary/aromatic N) is 3. The molecule has 0 unspecified atom stereocenters. The Morgan fingerprint density at radius 3 is 2.21 bits per heavy atom. The molecule has 1 aromatic heterocycles. The van der Waals surface area contributed by atoms with Gasteiger partial charge >= 0.3 is 0 Å². The second-order valence-electron chi connectivity index (χ2n) is 8.51. The lowest BCUT2D eigenvalue weighted by Gasteiger charge is -2.23. The van der Waals surface area contributed by atoms with E-state index in [0.29, 0.717) is 11.4 Å². The smallest absolute Gasteiger partial charge is 0.264 e. The van der Waals surface area contributed by atoms with E-state index in [1.54, 1.807) is 19.1 Å². The van der Waals surface area contributed by atoms with E-state index in [-0.39, 0.29) is 34.2 Å². The van der Waals surface area contributed by atoms with E-state index in [2.05, 4.69) is 20.0 Å². The fourth-order valence-electron chi connectivity index (χ4n) is 3.56. The third-order valence-electron chi connectivity index (χ3n) is 5.53. The molecule has 0 aliphatic carbocycles. The molecule has 0 bridgehead atoms. The molecule has 0 spiro atoms. The number of hydrogen-bond donors (Lipinski definition) is 2. The lowest BCUT2D eigenvalue weighted by Crippen LogP contribution is -2.29. The van der Waals surface area contributed by atoms with Crippen molar-refractivity contribution in [3.05, 3.63) is 108 Å². The maximum absolute atomic E-state index is 14.1. The van der Waals surface area contributed by atoms with Crippen molar-refractivity contribution in [2.75, 3.05) is 20.6 Å². The fourth-order valence-corrected chi connectivity index (χ4v) is 5.39. The highest BCUT2D eigenvalue weighted by atomic mass is 32.2. The number of hydrogen-bond acceptors (Lipinski definition) is 7. The van der Waals surface area contributed by atoms with Crippen LogP contribution < -0.4 is 14.3 Å². The average Bonchev–Trinajstić information content (AvgIpc) is 2.88. The lowest BCUT2D eigenvalue weighted by molar-refractivity contribution is 0.102. The number of rotatable bonds is 9. The third-order valence-corrected chi connectivity index (χ3v) is 8.02. The summed E-state index contributed by atoms with van der Waals surface area (Å²) in [6.45, 7) is 1.50. The highest BCUT2D eigenvalue weighted by molar-refractivity contribution is 7.92. The van der Waals surface area contributed by atoms with Crippen molar-refractivity contribution < 1.29 is 26.0 Å². The molecule has 3 aromatic carbocycles. The van der Waals surface area contributed by atoms with Crippen LogP contribution in [0.4, 0.5) is 21.7 Å². The summed E-state index contributed by atoms with van der Waals surface area (Å²) in [5, 5.41) is 2.66. The van der Waals surface area contributed by atoms with Crippen molar-refractivity contribution in [3.63, 3.8) is 0 Å². The Bertz CT molecular complexity index is 1710. The molecular formula is C26H24FN5O5S2. The van der Waals surface area contributed by atoms with E-state index < -0.39 is 31.8 Å². The number of carbonyl (C=O) groups is 1. The molecule has 4 aromatic rings. The first-order chi connectivity index (χ1) is 18.4. The molecule has 202 valence electrons. The van der Waals surface area contributed by atoms with Gasteiger partial charge in [-0.1, -0.05) is 18.2 Å². The summed E-state index contributed by atoms with van der Waals surface area (Å²) >= 11 is 0. The number of benzene rings is 3. The van der Waals surface area contributed by atoms with Gasteiger partial charge in [0.25, 0.3) is 15.9 Å². The first kappa shape index (κ1) is 27.7. The topological polar surface area (TPSA) is 138 Å². The molecule has 13 heteroatoms. The number of carbonyl (C=O) groups excluding carboxylic acids is 1. The average molecular weight is 570 g/mol. The summed E-state index contributed by atoms with van der Waals surface area (Å²) in [5.41, 5.74) is 1.64. The van der Waals surface area contributed by atoms with E-state index >= 15 is 0 Å². The van der Waals surface area contributed by atoms with Crippen LogP contribution in [0.25, 0.3) is 0 Å². The second-order valence-corrected chi connectivity index (χ2v) is 12.1. The standard InChI is InChI=1S/C26H24FN5O5S2/c1-18-15-16-28-26(29-18)31-39(36,37)23-13-9-21(10-14-23)30-25(33)19-7-11-22(12-8-19)32(38(2,34)35)17-20-5-3-4-6-24(20)27/h3-16H,17H2,1-2H3,(H,30,33)(H,28,29,31). The Kier molecular flexibility index (Phi) is 7.93. The summed E-state index contributed by atoms with van der Waals surface area (Å²) in [7, 11) is -7.69. The number of amides is 1. The van der Waals surface area contributed by atoms with E-state index in [1.807, 2.05) is 0 Å². The van der Waals surface area contributed by atoms with Gasteiger partial charge in [-0.2, -0.15) is 0 Å². The SMILES string of the molecule is Cc1ccnc(NS(=O)(=O)c2ccc(NC(=O)c3ccc(N(Cc4ccccc4F)S(C)(=O)=O)cc3)cc2)n1. The highest BCUT2D eigenvalue weighted by Crippen LogP contribution is 2.23. The molecule has 0 saturated carbocycles. The monoisotopic (exact) mass is 569 g/mol. The first-order valence-electron chi connectivity index (χ1n) is 11.5. The van der Waals surface area contributed by atoms with Crippen LogP contribution in [0.2, 0.25) is 0 Å². The maximum Gasteiger partial charge on any atom is 0.264 e. The zero-order valence-corrected chi connectivity index (χ0v) is 22.5. The normalized spacial score (nSPS) is 11.6. The van der Waals surface area contributed by atoms with Gasteiger partial charge in [-0.3, -0.25) is 9.10 Å². The van der Waals surface area contributed by atoms with Crippen LogP contribution in [-0.4, -0.2) is 39.0 Å². The van der Waals surface area contributed by atoms with E-state index in [4.69, 9.17) is 0 Å².